The number of carbonyl (C=O) groups excluding carboxylic acids is 1. The molecule has 34 heavy (non-hydrogen) atoms. The molecule has 0 bridgehead atoms. The zero-order chi connectivity index (χ0) is 23.7. The number of amides is 2. The number of anilines is 2. The fourth-order valence-electron chi connectivity index (χ4n) is 4.96. The largest absolute Gasteiger partial charge is 0.389 e. The smallest absolute Gasteiger partial charge is 0.323 e. The van der Waals surface area contributed by atoms with Crippen LogP contribution in [-0.4, -0.2) is 52.8 Å². The summed E-state index contributed by atoms with van der Waals surface area (Å²) >= 11 is 7.93. The molecule has 0 aliphatic carbocycles. The van der Waals surface area contributed by atoms with Crippen molar-refractivity contribution in [2.24, 2.45) is 0 Å². The molecule has 0 saturated carbocycles. The molecule has 180 valence electrons. The van der Waals surface area contributed by atoms with Gasteiger partial charge in [0.2, 0.25) is 0 Å². The third kappa shape index (κ3) is 5.02. The van der Waals surface area contributed by atoms with E-state index in [-0.39, 0.29) is 6.03 Å². The molecule has 2 aliphatic rings. The maximum Gasteiger partial charge on any atom is 0.323 e. The molecule has 2 aromatic carbocycles. The fraction of sp³-hybridized carbons (Fsp3) is 0.462. The van der Waals surface area contributed by atoms with E-state index in [1.165, 1.54) is 36.2 Å². The highest BCUT2D eigenvalue weighted by molar-refractivity contribution is 7.23. The van der Waals surface area contributed by atoms with Crippen LogP contribution >= 0.6 is 22.9 Å². The van der Waals surface area contributed by atoms with Gasteiger partial charge in [-0.25, -0.2) is 9.78 Å². The molecule has 3 aromatic rings. The summed E-state index contributed by atoms with van der Waals surface area (Å²) in [5, 5.41) is 15.2. The van der Waals surface area contributed by atoms with Gasteiger partial charge in [-0.1, -0.05) is 52.8 Å². The predicted octanol–water partition coefficient (Wildman–Crippen LogP) is 5.85. The SMILES string of the molecule is Cc1ccc(CC2(O)CCN(C(=O)Nc3nc4c(Cl)ccc(N5CCCCC5)c4s3)CC2)cc1. The van der Waals surface area contributed by atoms with Crippen molar-refractivity contribution in [2.45, 2.75) is 51.0 Å². The molecule has 2 N–H and O–H groups in total. The van der Waals surface area contributed by atoms with Crippen molar-refractivity contribution in [1.29, 1.82) is 0 Å². The number of fused-ring (bicyclic) bond motifs is 1. The second-order valence-electron chi connectivity index (χ2n) is 9.61. The van der Waals surface area contributed by atoms with Gasteiger partial charge in [-0.3, -0.25) is 5.32 Å². The second kappa shape index (κ2) is 9.72. The average Bonchev–Trinajstić information content (AvgIpc) is 3.26. The highest BCUT2D eigenvalue weighted by Crippen LogP contribution is 2.39. The summed E-state index contributed by atoms with van der Waals surface area (Å²) in [6, 6.07) is 12.1. The van der Waals surface area contributed by atoms with Crippen molar-refractivity contribution in [1.82, 2.24) is 9.88 Å². The number of carbonyl (C=O) groups is 1. The number of benzene rings is 2. The first-order chi connectivity index (χ1) is 16.4. The topological polar surface area (TPSA) is 68.7 Å². The van der Waals surface area contributed by atoms with Gasteiger partial charge < -0.3 is 14.9 Å². The normalized spacial score (nSPS) is 18.3. The lowest BCUT2D eigenvalue weighted by atomic mass is 9.85. The van der Waals surface area contributed by atoms with Crippen LogP contribution in [0.25, 0.3) is 10.2 Å². The van der Waals surface area contributed by atoms with Crippen molar-refractivity contribution >= 4 is 50.0 Å². The first-order valence-electron chi connectivity index (χ1n) is 12.1. The van der Waals surface area contributed by atoms with Crippen LogP contribution in [0, 0.1) is 6.92 Å². The van der Waals surface area contributed by atoms with Crippen molar-refractivity contribution in [3.63, 3.8) is 0 Å². The molecule has 0 spiro atoms. The molecule has 2 aliphatic heterocycles. The molecule has 3 heterocycles. The maximum absolute atomic E-state index is 13.0. The minimum Gasteiger partial charge on any atom is -0.389 e. The summed E-state index contributed by atoms with van der Waals surface area (Å²) in [6.07, 6.45) is 5.37. The first-order valence-corrected chi connectivity index (χ1v) is 13.3. The molecule has 8 heteroatoms. The van der Waals surface area contributed by atoms with Crippen LogP contribution < -0.4 is 10.2 Å². The van der Waals surface area contributed by atoms with Crippen molar-refractivity contribution in [3.8, 4) is 0 Å². The zero-order valence-electron chi connectivity index (χ0n) is 19.5. The summed E-state index contributed by atoms with van der Waals surface area (Å²) in [5.74, 6) is 0. The summed E-state index contributed by atoms with van der Waals surface area (Å²) in [6.45, 7) is 5.16. The number of nitrogens with zero attached hydrogens (tertiary/aromatic N) is 3. The number of thiazole rings is 1. The molecule has 1 aromatic heterocycles. The number of aromatic nitrogens is 1. The van der Waals surface area contributed by atoms with E-state index in [4.69, 9.17) is 11.6 Å². The molecule has 2 amide bonds. The third-order valence-electron chi connectivity index (χ3n) is 7.02. The second-order valence-corrected chi connectivity index (χ2v) is 11.0. The van der Waals surface area contributed by atoms with Crippen LogP contribution in [0.3, 0.4) is 0 Å². The van der Waals surface area contributed by atoms with E-state index in [1.54, 1.807) is 4.90 Å². The van der Waals surface area contributed by atoms with Gasteiger partial charge in [0, 0.05) is 32.6 Å². The summed E-state index contributed by atoms with van der Waals surface area (Å²) in [7, 11) is 0. The molecule has 5 rings (SSSR count). The van der Waals surface area contributed by atoms with E-state index in [2.05, 4.69) is 52.5 Å². The number of aryl methyl sites for hydroxylation is 1. The van der Waals surface area contributed by atoms with Gasteiger partial charge in [0.1, 0.15) is 5.52 Å². The zero-order valence-corrected chi connectivity index (χ0v) is 21.1. The van der Waals surface area contributed by atoms with Gasteiger partial charge in [0.25, 0.3) is 0 Å². The Bertz CT molecular complexity index is 1170. The maximum atomic E-state index is 13.0. The third-order valence-corrected chi connectivity index (χ3v) is 8.32. The van der Waals surface area contributed by atoms with E-state index >= 15 is 0 Å². The highest BCUT2D eigenvalue weighted by atomic mass is 35.5. The lowest BCUT2D eigenvalue weighted by Gasteiger charge is -2.38. The Balaban J connectivity index is 1.24. The van der Waals surface area contributed by atoms with Crippen LogP contribution in [0.2, 0.25) is 5.02 Å². The number of halogens is 1. The minimum atomic E-state index is -0.779. The van der Waals surface area contributed by atoms with Gasteiger partial charge >= 0.3 is 6.03 Å². The molecule has 6 nitrogen and oxygen atoms in total. The molecular formula is C26H31ClN4O2S. The Labute approximate surface area is 209 Å². The number of piperidine rings is 2. The van der Waals surface area contributed by atoms with Crippen molar-refractivity contribution < 1.29 is 9.90 Å². The first kappa shape index (κ1) is 23.4. The van der Waals surface area contributed by atoms with E-state index in [0.29, 0.717) is 42.5 Å². The monoisotopic (exact) mass is 498 g/mol. The van der Waals surface area contributed by atoms with Crippen LogP contribution in [0.4, 0.5) is 15.6 Å². The van der Waals surface area contributed by atoms with E-state index < -0.39 is 5.60 Å². The van der Waals surface area contributed by atoms with Crippen molar-refractivity contribution in [2.75, 3.05) is 36.4 Å². The Hall–Kier alpha value is -2.35. The van der Waals surface area contributed by atoms with Gasteiger partial charge in [-0.2, -0.15) is 0 Å². The number of hydrogen-bond donors (Lipinski definition) is 2. The van der Waals surface area contributed by atoms with Crippen molar-refractivity contribution in [3.05, 3.63) is 52.5 Å². The molecule has 0 unspecified atom stereocenters. The Morgan fingerprint density at radius 3 is 2.50 bits per heavy atom. The Morgan fingerprint density at radius 1 is 1.09 bits per heavy atom. The lowest BCUT2D eigenvalue weighted by molar-refractivity contribution is -0.0105. The number of hydrogen-bond acceptors (Lipinski definition) is 5. The fourth-order valence-corrected chi connectivity index (χ4v) is 6.24. The van der Waals surface area contributed by atoms with E-state index in [1.807, 2.05) is 6.07 Å². The molecule has 2 fully saturated rings. The number of rotatable bonds is 4. The van der Waals surface area contributed by atoms with Crippen LogP contribution in [0.1, 0.15) is 43.2 Å². The molecular weight excluding hydrogens is 468 g/mol. The molecule has 0 radical (unpaired) electrons. The van der Waals surface area contributed by atoms with Gasteiger partial charge in [-0.15, -0.1) is 0 Å². The number of nitrogens with one attached hydrogen (secondary N) is 1. The number of aliphatic hydroxyl groups is 1. The Morgan fingerprint density at radius 2 is 1.79 bits per heavy atom. The summed E-state index contributed by atoms with van der Waals surface area (Å²) < 4.78 is 1.02. The number of likely N-dealkylation sites (tertiary alicyclic amines) is 1. The van der Waals surface area contributed by atoms with Crippen LogP contribution in [-0.2, 0) is 6.42 Å². The Kier molecular flexibility index (Phi) is 6.69. The quantitative estimate of drug-likeness (QED) is 0.473. The van der Waals surface area contributed by atoms with E-state index in [9.17, 15) is 9.90 Å². The average molecular weight is 499 g/mol. The van der Waals surface area contributed by atoms with Gasteiger partial charge in [0.15, 0.2) is 5.13 Å². The predicted molar refractivity (Wildman–Crippen MR) is 140 cm³/mol. The summed E-state index contributed by atoms with van der Waals surface area (Å²) in [4.78, 5) is 21.8. The van der Waals surface area contributed by atoms with Gasteiger partial charge in [-0.05, 0) is 56.7 Å². The van der Waals surface area contributed by atoms with Crippen LogP contribution in [0.15, 0.2) is 36.4 Å². The van der Waals surface area contributed by atoms with Crippen LogP contribution in [0.5, 0.6) is 0 Å². The molecule has 0 atom stereocenters. The standard InChI is InChI=1S/C26H31ClN4O2S/c1-18-5-7-19(8-6-18)17-26(33)11-15-31(16-12-26)25(32)29-24-28-22-20(27)9-10-21(23(22)34-24)30-13-3-2-4-14-30/h5-10,33H,2-4,11-17H2,1H3,(H,28,29,32). The highest BCUT2D eigenvalue weighted by Gasteiger charge is 2.34. The van der Waals surface area contributed by atoms with Gasteiger partial charge in [0.05, 0.1) is 21.0 Å². The molecule has 2 saturated heterocycles. The lowest BCUT2D eigenvalue weighted by Crippen LogP contribution is -2.49. The summed E-state index contributed by atoms with van der Waals surface area (Å²) in [5.41, 5.74) is 3.45. The minimum absolute atomic E-state index is 0.174. The number of urea groups is 1. The van der Waals surface area contributed by atoms with E-state index in [0.717, 1.165) is 34.6 Å².